The van der Waals surface area contributed by atoms with E-state index in [0.717, 1.165) is 41.3 Å². The molecule has 2 aromatic rings. The number of aryl methyl sites for hydroxylation is 1. The van der Waals surface area contributed by atoms with Crippen molar-refractivity contribution in [2.24, 2.45) is 0 Å². The maximum Gasteiger partial charge on any atom is 0.312 e. The molecule has 0 spiro atoms. The third-order valence-corrected chi connectivity index (χ3v) is 4.16. The van der Waals surface area contributed by atoms with Crippen molar-refractivity contribution >= 4 is 16.9 Å². The standard InChI is InChI=1S/C16H17NO3/c1-9(16(19)20-2)10-6-7-12-11-4-3-5-13(11)15(18)17-14(12)8-10/h6-9H,3-5H2,1-2H3,(H,17,18). The van der Waals surface area contributed by atoms with Crippen LogP contribution in [-0.2, 0) is 22.4 Å². The van der Waals surface area contributed by atoms with Crippen molar-refractivity contribution in [3.05, 3.63) is 45.2 Å². The zero-order valence-electron chi connectivity index (χ0n) is 11.7. The SMILES string of the molecule is COC(=O)C(C)c1ccc2c3c(c(=O)[nH]c2c1)CCC3. The Balaban J connectivity index is 2.16. The molecule has 1 aromatic heterocycles. The molecule has 0 bridgehead atoms. The summed E-state index contributed by atoms with van der Waals surface area (Å²) in [5.74, 6) is -0.603. The van der Waals surface area contributed by atoms with Gasteiger partial charge in [-0.05, 0) is 43.4 Å². The number of benzene rings is 1. The molecule has 4 nitrogen and oxygen atoms in total. The Morgan fingerprint density at radius 1 is 1.30 bits per heavy atom. The first-order chi connectivity index (χ1) is 9.61. The number of aromatic amines is 1. The first-order valence-corrected chi connectivity index (χ1v) is 6.87. The van der Waals surface area contributed by atoms with Crippen LogP contribution in [-0.4, -0.2) is 18.1 Å². The molecule has 3 rings (SSSR count). The summed E-state index contributed by atoms with van der Waals surface area (Å²) in [5.41, 5.74) is 3.77. The third-order valence-electron chi connectivity index (χ3n) is 4.16. The number of esters is 1. The molecule has 0 radical (unpaired) electrons. The van der Waals surface area contributed by atoms with Gasteiger partial charge in [-0.3, -0.25) is 9.59 Å². The molecular formula is C16H17NO3. The lowest BCUT2D eigenvalue weighted by Crippen LogP contribution is -2.14. The Bertz CT molecular complexity index is 745. The smallest absolute Gasteiger partial charge is 0.312 e. The first kappa shape index (κ1) is 12.9. The maximum absolute atomic E-state index is 12.0. The Morgan fingerprint density at radius 2 is 2.05 bits per heavy atom. The van der Waals surface area contributed by atoms with E-state index in [9.17, 15) is 9.59 Å². The average molecular weight is 271 g/mol. The van der Waals surface area contributed by atoms with E-state index in [4.69, 9.17) is 4.74 Å². The molecule has 0 aliphatic heterocycles. The predicted molar refractivity (Wildman–Crippen MR) is 77.0 cm³/mol. The molecular weight excluding hydrogens is 254 g/mol. The van der Waals surface area contributed by atoms with E-state index in [-0.39, 0.29) is 17.4 Å². The van der Waals surface area contributed by atoms with Gasteiger partial charge in [0.1, 0.15) is 0 Å². The maximum atomic E-state index is 12.0. The van der Waals surface area contributed by atoms with Gasteiger partial charge in [-0.15, -0.1) is 0 Å². The molecule has 0 saturated heterocycles. The number of hydrogen-bond acceptors (Lipinski definition) is 3. The first-order valence-electron chi connectivity index (χ1n) is 6.87. The number of fused-ring (bicyclic) bond motifs is 3. The van der Waals surface area contributed by atoms with Crippen LogP contribution in [0.3, 0.4) is 0 Å². The molecule has 0 saturated carbocycles. The minimum Gasteiger partial charge on any atom is -0.469 e. The van der Waals surface area contributed by atoms with Crippen molar-refractivity contribution in [1.82, 2.24) is 4.98 Å². The minimum atomic E-state index is -0.332. The van der Waals surface area contributed by atoms with Crippen molar-refractivity contribution in [3.8, 4) is 0 Å². The number of hydrogen-bond donors (Lipinski definition) is 1. The van der Waals surface area contributed by atoms with Crippen molar-refractivity contribution in [2.45, 2.75) is 32.1 Å². The van der Waals surface area contributed by atoms with E-state index in [1.54, 1.807) is 6.92 Å². The second kappa shape index (κ2) is 4.78. The lowest BCUT2D eigenvalue weighted by molar-refractivity contribution is -0.141. The van der Waals surface area contributed by atoms with Crippen molar-refractivity contribution in [3.63, 3.8) is 0 Å². The van der Waals surface area contributed by atoms with Crippen LogP contribution >= 0.6 is 0 Å². The van der Waals surface area contributed by atoms with E-state index in [2.05, 4.69) is 4.98 Å². The number of rotatable bonds is 2. The largest absolute Gasteiger partial charge is 0.469 e. The highest BCUT2D eigenvalue weighted by Crippen LogP contribution is 2.28. The summed E-state index contributed by atoms with van der Waals surface area (Å²) in [5, 5.41) is 1.10. The lowest BCUT2D eigenvalue weighted by atomic mass is 9.97. The molecule has 1 aliphatic rings. The van der Waals surface area contributed by atoms with Gasteiger partial charge in [0.2, 0.25) is 0 Å². The van der Waals surface area contributed by atoms with Crippen LogP contribution < -0.4 is 5.56 Å². The second-order valence-corrected chi connectivity index (χ2v) is 5.31. The Labute approximate surface area is 116 Å². The predicted octanol–water partition coefficient (Wildman–Crippen LogP) is 2.29. The monoisotopic (exact) mass is 271 g/mol. The number of methoxy groups -OCH3 is 1. The molecule has 1 unspecified atom stereocenters. The van der Waals surface area contributed by atoms with Crippen LogP contribution in [0.25, 0.3) is 10.9 Å². The fraction of sp³-hybridized carbons (Fsp3) is 0.375. The summed E-state index contributed by atoms with van der Waals surface area (Å²) in [7, 11) is 1.38. The number of ether oxygens (including phenoxy) is 1. The van der Waals surface area contributed by atoms with Gasteiger partial charge in [0.15, 0.2) is 0 Å². The third kappa shape index (κ3) is 1.92. The number of carbonyl (C=O) groups excluding carboxylic acids is 1. The van der Waals surface area contributed by atoms with Crippen LogP contribution in [0.2, 0.25) is 0 Å². The van der Waals surface area contributed by atoms with E-state index in [1.807, 2.05) is 18.2 Å². The van der Waals surface area contributed by atoms with Crippen LogP contribution in [0.5, 0.6) is 0 Å². The van der Waals surface area contributed by atoms with Gasteiger partial charge in [0.25, 0.3) is 5.56 Å². The van der Waals surface area contributed by atoms with Crippen LogP contribution in [0.1, 0.15) is 36.0 Å². The molecule has 20 heavy (non-hydrogen) atoms. The van der Waals surface area contributed by atoms with Gasteiger partial charge in [-0.25, -0.2) is 0 Å². The summed E-state index contributed by atoms with van der Waals surface area (Å²) in [6, 6.07) is 5.84. The van der Waals surface area contributed by atoms with E-state index < -0.39 is 0 Å². The zero-order chi connectivity index (χ0) is 14.3. The van der Waals surface area contributed by atoms with Crippen molar-refractivity contribution in [2.75, 3.05) is 7.11 Å². The number of carbonyl (C=O) groups is 1. The highest BCUT2D eigenvalue weighted by atomic mass is 16.5. The number of aromatic nitrogens is 1. The molecule has 1 N–H and O–H groups in total. The Hall–Kier alpha value is -2.10. The molecule has 1 heterocycles. The van der Waals surface area contributed by atoms with Gasteiger partial charge in [-0.1, -0.05) is 12.1 Å². The van der Waals surface area contributed by atoms with Crippen LogP contribution in [0.15, 0.2) is 23.0 Å². The van der Waals surface area contributed by atoms with Crippen molar-refractivity contribution < 1.29 is 9.53 Å². The molecule has 1 aromatic carbocycles. The molecule has 1 atom stereocenters. The van der Waals surface area contributed by atoms with E-state index in [0.29, 0.717) is 0 Å². The van der Waals surface area contributed by atoms with Crippen LogP contribution in [0, 0.1) is 0 Å². The van der Waals surface area contributed by atoms with E-state index >= 15 is 0 Å². The highest BCUT2D eigenvalue weighted by molar-refractivity contribution is 5.86. The van der Waals surface area contributed by atoms with Gasteiger partial charge < -0.3 is 9.72 Å². The van der Waals surface area contributed by atoms with Gasteiger partial charge in [-0.2, -0.15) is 0 Å². The average Bonchev–Trinajstić information content (AvgIpc) is 2.95. The molecule has 104 valence electrons. The number of nitrogens with one attached hydrogen (secondary N) is 1. The normalized spacial score (nSPS) is 15.1. The van der Waals surface area contributed by atoms with E-state index in [1.165, 1.54) is 12.7 Å². The lowest BCUT2D eigenvalue weighted by Gasteiger charge is -2.11. The van der Waals surface area contributed by atoms with Gasteiger partial charge in [0, 0.05) is 16.5 Å². The fourth-order valence-corrected chi connectivity index (χ4v) is 3.00. The Kier molecular flexibility index (Phi) is 3.08. The second-order valence-electron chi connectivity index (χ2n) is 5.31. The molecule has 0 amide bonds. The molecule has 1 aliphatic carbocycles. The quantitative estimate of drug-likeness (QED) is 0.853. The summed E-state index contributed by atoms with van der Waals surface area (Å²) >= 11 is 0. The van der Waals surface area contributed by atoms with Gasteiger partial charge >= 0.3 is 5.97 Å². The minimum absolute atomic E-state index is 0.00729. The highest BCUT2D eigenvalue weighted by Gasteiger charge is 2.20. The van der Waals surface area contributed by atoms with Crippen molar-refractivity contribution in [1.29, 1.82) is 0 Å². The fourth-order valence-electron chi connectivity index (χ4n) is 3.00. The summed E-state index contributed by atoms with van der Waals surface area (Å²) in [6.07, 6.45) is 2.86. The zero-order valence-corrected chi connectivity index (χ0v) is 11.7. The molecule has 4 heteroatoms. The van der Waals surface area contributed by atoms with Crippen LogP contribution in [0.4, 0.5) is 0 Å². The topological polar surface area (TPSA) is 59.2 Å². The van der Waals surface area contributed by atoms with Gasteiger partial charge in [0.05, 0.1) is 13.0 Å². The summed E-state index contributed by atoms with van der Waals surface area (Å²) in [4.78, 5) is 26.6. The molecule has 0 fully saturated rings. The summed E-state index contributed by atoms with van der Waals surface area (Å²) in [6.45, 7) is 1.80. The number of pyridine rings is 1. The Morgan fingerprint density at radius 3 is 2.80 bits per heavy atom. The number of H-pyrrole nitrogens is 1. The summed E-state index contributed by atoms with van der Waals surface area (Å²) < 4.78 is 4.77.